The molecule has 2 aliphatic heterocycles. The number of amides is 1. The molecule has 2 aromatic carbocycles. The fourth-order valence-corrected chi connectivity index (χ4v) is 5.93. The normalized spacial score (nSPS) is 18.7. The molecule has 0 aliphatic carbocycles. The Balaban J connectivity index is 1.07. The van der Waals surface area contributed by atoms with E-state index < -0.39 is 6.04 Å². The lowest BCUT2D eigenvalue weighted by atomic mass is 9.88. The molecule has 5 rings (SSSR count). The van der Waals surface area contributed by atoms with Crippen molar-refractivity contribution in [2.24, 2.45) is 11.7 Å². The number of H-pyrrole nitrogens is 1. The third-order valence-corrected chi connectivity index (χ3v) is 8.25. The Labute approximate surface area is 224 Å². The first-order valence-electron chi connectivity index (χ1n) is 14.0. The molecule has 3 N–H and O–H groups in total. The number of fused-ring (bicyclic) bond motifs is 1. The Morgan fingerprint density at radius 1 is 1.05 bits per heavy atom. The van der Waals surface area contributed by atoms with Crippen LogP contribution in [-0.2, 0) is 17.8 Å². The van der Waals surface area contributed by atoms with Gasteiger partial charge in [0.15, 0.2) is 0 Å². The molecule has 2 aliphatic rings. The van der Waals surface area contributed by atoms with E-state index >= 15 is 0 Å². The minimum Gasteiger partial charge on any atom is -0.493 e. The highest BCUT2D eigenvalue weighted by Crippen LogP contribution is 2.25. The summed E-state index contributed by atoms with van der Waals surface area (Å²) in [6.45, 7) is 8.50. The molecule has 38 heavy (non-hydrogen) atoms. The number of piperidine rings is 1. The van der Waals surface area contributed by atoms with E-state index in [1.54, 1.807) is 6.07 Å². The molecular weight excluding hydrogens is 481 g/mol. The van der Waals surface area contributed by atoms with Gasteiger partial charge in [0, 0.05) is 61.9 Å². The maximum atomic E-state index is 14.5. The highest BCUT2D eigenvalue weighted by atomic mass is 19.1. The predicted octanol–water partition coefficient (Wildman–Crippen LogP) is 3.63. The van der Waals surface area contributed by atoms with Crippen molar-refractivity contribution in [3.05, 3.63) is 65.6 Å². The zero-order chi connectivity index (χ0) is 26.5. The van der Waals surface area contributed by atoms with Crippen molar-refractivity contribution >= 4 is 16.8 Å². The molecule has 0 saturated carbocycles. The summed E-state index contributed by atoms with van der Waals surface area (Å²) in [5.41, 5.74) is 9.67. The van der Waals surface area contributed by atoms with Crippen LogP contribution in [0.25, 0.3) is 10.9 Å². The van der Waals surface area contributed by atoms with Gasteiger partial charge < -0.3 is 25.3 Å². The number of hydrogen-bond acceptors (Lipinski definition) is 5. The van der Waals surface area contributed by atoms with E-state index in [1.807, 2.05) is 24.1 Å². The molecule has 3 heterocycles. The van der Waals surface area contributed by atoms with Crippen LogP contribution in [0.1, 0.15) is 30.9 Å². The zero-order valence-corrected chi connectivity index (χ0v) is 22.4. The van der Waals surface area contributed by atoms with Gasteiger partial charge in [-0.3, -0.25) is 9.69 Å². The zero-order valence-electron chi connectivity index (χ0n) is 22.4. The van der Waals surface area contributed by atoms with Gasteiger partial charge in [-0.2, -0.15) is 0 Å². The summed E-state index contributed by atoms with van der Waals surface area (Å²) in [6, 6.07) is 13.1. The number of piperazine rings is 1. The van der Waals surface area contributed by atoms with Crippen LogP contribution in [0, 0.1) is 11.7 Å². The van der Waals surface area contributed by atoms with Crippen LogP contribution >= 0.6 is 0 Å². The summed E-state index contributed by atoms with van der Waals surface area (Å²) in [6.07, 6.45) is 4.93. The number of carbonyl (C=O) groups excluding carboxylic acids is 1. The molecule has 0 radical (unpaired) electrons. The van der Waals surface area contributed by atoms with Gasteiger partial charge in [0.1, 0.15) is 11.6 Å². The highest BCUT2D eigenvalue weighted by molar-refractivity contribution is 5.83. The number of ether oxygens (including phenoxy) is 1. The maximum Gasteiger partial charge on any atom is 0.239 e. The lowest BCUT2D eigenvalue weighted by molar-refractivity contribution is -0.136. The smallest absolute Gasteiger partial charge is 0.239 e. The molecule has 0 bridgehead atoms. The van der Waals surface area contributed by atoms with Crippen LogP contribution < -0.4 is 10.5 Å². The molecule has 1 amide bonds. The van der Waals surface area contributed by atoms with Gasteiger partial charge in [-0.15, -0.1) is 0 Å². The van der Waals surface area contributed by atoms with Gasteiger partial charge in [0.25, 0.3) is 0 Å². The largest absolute Gasteiger partial charge is 0.493 e. The van der Waals surface area contributed by atoms with Crippen molar-refractivity contribution in [2.75, 3.05) is 52.4 Å². The van der Waals surface area contributed by atoms with Gasteiger partial charge in [0.2, 0.25) is 5.91 Å². The fraction of sp³-hybridized carbons (Fsp3) is 0.500. The van der Waals surface area contributed by atoms with Crippen LogP contribution in [-0.4, -0.2) is 84.1 Å². The number of hydrogen-bond donors (Lipinski definition) is 2. The van der Waals surface area contributed by atoms with Crippen molar-refractivity contribution in [3.63, 3.8) is 0 Å². The lowest BCUT2D eigenvalue weighted by Gasteiger charge is -2.39. The molecule has 0 spiro atoms. The van der Waals surface area contributed by atoms with E-state index in [1.165, 1.54) is 22.5 Å². The molecule has 7 nitrogen and oxygen atoms in total. The maximum absolute atomic E-state index is 14.5. The Morgan fingerprint density at radius 2 is 1.82 bits per heavy atom. The number of nitrogens with one attached hydrogen (secondary N) is 1. The van der Waals surface area contributed by atoms with E-state index in [2.05, 4.69) is 39.0 Å². The fourth-order valence-electron chi connectivity index (χ4n) is 5.93. The molecule has 2 saturated heterocycles. The Morgan fingerprint density at radius 3 is 2.58 bits per heavy atom. The molecule has 204 valence electrons. The first-order chi connectivity index (χ1) is 18.5. The van der Waals surface area contributed by atoms with Crippen LogP contribution in [0.15, 0.2) is 48.7 Å². The number of halogens is 1. The SMILES string of the molecule is CCOc1cccc(F)c1CN1CCN(C(=O)[C@H](N)C2CCN(CCc3cccc4[nH]ccc34)CC2)CC1. The van der Waals surface area contributed by atoms with Gasteiger partial charge >= 0.3 is 0 Å². The third kappa shape index (κ3) is 6.03. The number of carbonyl (C=O) groups is 1. The molecule has 1 atom stereocenters. The highest BCUT2D eigenvalue weighted by Gasteiger charge is 2.33. The molecule has 3 aromatic rings. The summed E-state index contributed by atoms with van der Waals surface area (Å²) in [5, 5.41) is 1.30. The summed E-state index contributed by atoms with van der Waals surface area (Å²) < 4.78 is 20.1. The molecule has 8 heteroatoms. The summed E-state index contributed by atoms with van der Waals surface area (Å²) in [7, 11) is 0. The second kappa shape index (κ2) is 12.3. The van der Waals surface area contributed by atoms with E-state index in [9.17, 15) is 9.18 Å². The standard InChI is InChI=1S/C30H40FN5O2/c1-2-38-28-8-4-6-26(31)25(28)21-35-17-19-36(20-18-35)30(37)29(32)23-11-15-34(16-12-23)14-10-22-5-3-7-27-24(22)9-13-33-27/h3-9,13,23,29,33H,2,10-12,14-21,32H2,1H3/t29-/m1/s1. The van der Waals surface area contributed by atoms with Crippen molar-refractivity contribution in [3.8, 4) is 5.75 Å². The number of aromatic nitrogens is 1. The van der Waals surface area contributed by atoms with Gasteiger partial charge in [0.05, 0.1) is 12.6 Å². The van der Waals surface area contributed by atoms with Crippen LogP contribution in [0.2, 0.25) is 0 Å². The summed E-state index contributed by atoms with van der Waals surface area (Å²) in [5.74, 6) is 0.630. The topological polar surface area (TPSA) is 77.8 Å². The number of aromatic amines is 1. The third-order valence-electron chi connectivity index (χ3n) is 8.25. The van der Waals surface area contributed by atoms with Crippen molar-refractivity contribution in [1.82, 2.24) is 19.7 Å². The van der Waals surface area contributed by atoms with Gasteiger partial charge in [-0.1, -0.05) is 18.2 Å². The number of nitrogens with zero attached hydrogens (tertiary/aromatic N) is 3. The molecule has 0 unspecified atom stereocenters. The summed E-state index contributed by atoms with van der Waals surface area (Å²) in [4.78, 5) is 23.1. The summed E-state index contributed by atoms with van der Waals surface area (Å²) >= 11 is 0. The molecule has 2 fully saturated rings. The first kappa shape index (κ1) is 26.7. The van der Waals surface area contributed by atoms with Gasteiger partial charge in [-0.25, -0.2) is 4.39 Å². The Bertz CT molecular complexity index is 1210. The van der Waals surface area contributed by atoms with E-state index in [-0.39, 0.29) is 17.6 Å². The average Bonchev–Trinajstić information content (AvgIpc) is 3.43. The van der Waals surface area contributed by atoms with E-state index in [0.717, 1.165) is 38.9 Å². The second-order valence-electron chi connectivity index (χ2n) is 10.6. The van der Waals surface area contributed by atoms with E-state index in [4.69, 9.17) is 10.5 Å². The quantitative estimate of drug-likeness (QED) is 0.450. The first-order valence-corrected chi connectivity index (χ1v) is 14.0. The number of rotatable bonds is 9. The van der Waals surface area contributed by atoms with Crippen molar-refractivity contribution in [2.45, 2.75) is 38.8 Å². The van der Waals surface area contributed by atoms with Crippen LogP contribution in [0.3, 0.4) is 0 Å². The molecule has 1 aromatic heterocycles. The minimum atomic E-state index is -0.451. The van der Waals surface area contributed by atoms with Crippen LogP contribution in [0.4, 0.5) is 4.39 Å². The van der Waals surface area contributed by atoms with Crippen LogP contribution in [0.5, 0.6) is 5.75 Å². The van der Waals surface area contributed by atoms with Gasteiger partial charge in [-0.05, 0) is 75.0 Å². The Kier molecular flexibility index (Phi) is 8.61. The second-order valence-corrected chi connectivity index (χ2v) is 10.6. The lowest BCUT2D eigenvalue weighted by Crippen LogP contribution is -2.55. The average molecular weight is 522 g/mol. The number of benzene rings is 2. The minimum absolute atomic E-state index is 0.0585. The van der Waals surface area contributed by atoms with Crippen molar-refractivity contribution < 1.29 is 13.9 Å². The number of nitrogens with two attached hydrogens (primary N) is 1. The predicted molar refractivity (Wildman–Crippen MR) is 149 cm³/mol. The van der Waals surface area contributed by atoms with Crippen molar-refractivity contribution in [1.29, 1.82) is 0 Å². The van der Waals surface area contributed by atoms with E-state index in [0.29, 0.717) is 50.6 Å². The molecular formula is C30H40FN5O2. The monoisotopic (exact) mass is 521 g/mol. The Hall–Kier alpha value is -2.94. The number of likely N-dealkylation sites (tertiary alicyclic amines) is 1.